The molecular formula is C12H23NO3. The lowest BCUT2D eigenvalue weighted by Crippen LogP contribution is -2.38. The Morgan fingerprint density at radius 3 is 2.50 bits per heavy atom. The number of hydrogen-bond donors (Lipinski definition) is 0. The molecule has 16 heavy (non-hydrogen) atoms. The third-order valence-electron chi connectivity index (χ3n) is 2.98. The lowest BCUT2D eigenvalue weighted by Gasteiger charge is -2.30. The van der Waals surface area contributed by atoms with Crippen molar-refractivity contribution in [3.63, 3.8) is 0 Å². The van der Waals surface area contributed by atoms with Crippen LogP contribution in [0.5, 0.6) is 0 Å². The van der Waals surface area contributed by atoms with Crippen LogP contribution in [0.2, 0.25) is 0 Å². The summed E-state index contributed by atoms with van der Waals surface area (Å²) < 4.78 is 10.3. The number of esters is 1. The molecule has 0 aromatic heterocycles. The molecular weight excluding hydrogens is 206 g/mol. The Hall–Kier alpha value is -0.610. The molecule has 0 saturated carbocycles. The van der Waals surface area contributed by atoms with Crippen molar-refractivity contribution < 1.29 is 14.3 Å². The van der Waals surface area contributed by atoms with E-state index in [2.05, 4.69) is 4.90 Å². The average Bonchev–Trinajstić information content (AvgIpc) is 2.28. The zero-order valence-corrected chi connectivity index (χ0v) is 10.6. The van der Waals surface area contributed by atoms with Crippen LogP contribution in [0.3, 0.4) is 0 Å². The maximum atomic E-state index is 11.3. The molecule has 0 amide bonds. The quantitative estimate of drug-likeness (QED) is 0.666. The van der Waals surface area contributed by atoms with Gasteiger partial charge in [0.2, 0.25) is 0 Å². The first-order valence-electron chi connectivity index (χ1n) is 6.05. The van der Waals surface area contributed by atoms with Gasteiger partial charge in [-0.15, -0.1) is 0 Å². The van der Waals surface area contributed by atoms with Gasteiger partial charge < -0.3 is 14.4 Å². The number of likely N-dealkylation sites (tertiary alicyclic amines) is 1. The van der Waals surface area contributed by atoms with Crippen LogP contribution in [-0.2, 0) is 14.3 Å². The van der Waals surface area contributed by atoms with E-state index in [-0.39, 0.29) is 11.9 Å². The van der Waals surface area contributed by atoms with Crippen molar-refractivity contribution in [3.05, 3.63) is 0 Å². The smallest absolute Gasteiger partial charge is 0.308 e. The molecule has 0 aromatic rings. The fraction of sp³-hybridized carbons (Fsp3) is 0.917. The maximum absolute atomic E-state index is 11.3. The second-order valence-electron chi connectivity index (χ2n) is 4.56. The van der Waals surface area contributed by atoms with Crippen LogP contribution in [0.25, 0.3) is 0 Å². The monoisotopic (exact) mass is 229 g/mol. The molecule has 4 nitrogen and oxygen atoms in total. The van der Waals surface area contributed by atoms with E-state index in [4.69, 9.17) is 9.47 Å². The normalized spacial score (nSPS) is 19.0. The minimum Gasteiger partial charge on any atom is -0.469 e. The number of carbonyl (C=O) groups excluding carboxylic acids is 1. The summed E-state index contributed by atoms with van der Waals surface area (Å²) in [6.07, 6.45) is 2.12. The lowest BCUT2D eigenvalue weighted by atomic mass is 9.97. The van der Waals surface area contributed by atoms with E-state index < -0.39 is 0 Å². The summed E-state index contributed by atoms with van der Waals surface area (Å²) in [7, 11) is 1.46. The van der Waals surface area contributed by atoms with Crippen molar-refractivity contribution in [3.8, 4) is 0 Å². The van der Waals surface area contributed by atoms with Crippen LogP contribution >= 0.6 is 0 Å². The Morgan fingerprint density at radius 1 is 1.38 bits per heavy atom. The molecule has 0 spiro atoms. The van der Waals surface area contributed by atoms with Crippen molar-refractivity contribution in [2.75, 3.05) is 33.4 Å². The Balaban J connectivity index is 2.14. The molecule has 0 radical (unpaired) electrons. The fourth-order valence-electron chi connectivity index (χ4n) is 1.98. The predicted octanol–water partition coefficient (Wildman–Crippen LogP) is 1.30. The topological polar surface area (TPSA) is 38.8 Å². The van der Waals surface area contributed by atoms with E-state index in [9.17, 15) is 4.79 Å². The van der Waals surface area contributed by atoms with Gasteiger partial charge in [-0.05, 0) is 39.8 Å². The van der Waals surface area contributed by atoms with Crippen LogP contribution in [-0.4, -0.2) is 50.3 Å². The van der Waals surface area contributed by atoms with E-state index in [1.165, 1.54) is 7.11 Å². The van der Waals surface area contributed by atoms with E-state index in [0.717, 1.165) is 39.1 Å². The van der Waals surface area contributed by atoms with E-state index >= 15 is 0 Å². The molecule has 1 aliphatic heterocycles. The predicted molar refractivity (Wildman–Crippen MR) is 62.3 cm³/mol. The Kier molecular flexibility index (Phi) is 5.77. The number of ether oxygens (including phenoxy) is 2. The first-order chi connectivity index (χ1) is 7.63. The van der Waals surface area contributed by atoms with Crippen LogP contribution in [0, 0.1) is 5.92 Å². The number of carbonyl (C=O) groups is 1. The van der Waals surface area contributed by atoms with Crippen molar-refractivity contribution in [1.29, 1.82) is 0 Å². The summed E-state index contributed by atoms with van der Waals surface area (Å²) in [5.41, 5.74) is 0. The Labute approximate surface area is 97.9 Å². The van der Waals surface area contributed by atoms with E-state index in [1.807, 2.05) is 13.8 Å². The highest BCUT2D eigenvalue weighted by Crippen LogP contribution is 2.17. The summed E-state index contributed by atoms with van der Waals surface area (Å²) in [4.78, 5) is 13.7. The van der Waals surface area contributed by atoms with Crippen LogP contribution in [0.4, 0.5) is 0 Å². The first kappa shape index (κ1) is 13.5. The van der Waals surface area contributed by atoms with Gasteiger partial charge in [0.25, 0.3) is 0 Å². The largest absolute Gasteiger partial charge is 0.469 e. The molecule has 1 rings (SSSR count). The van der Waals surface area contributed by atoms with Gasteiger partial charge in [0, 0.05) is 6.54 Å². The van der Waals surface area contributed by atoms with Crippen LogP contribution in [0.15, 0.2) is 0 Å². The number of hydrogen-bond acceptors (Lipinski definition) is 4. The molecule has 4 heteroatoms. The fourth-order valence-corrected chi connectivity index (χ4v) is 1.98. The summed E-state index contributed by atoms with van der Waals surface area (Å²) in [6.45, 7) is 7.78. The van der Waals surface area contributed by atoms with Crippen LogP contribution in [0.1, 0.15) is 26.7 Å². The zero-order valence-electron chi connectivity index (χ0n) is 10.6. The molecule has 0 N–H and O–H groups in total. The highest BCUT2D eigenvalue weighted by atomic mass is 16.5. The Bertz CT molecular complexity index is 210. The molecule has 1 saturated heterocycles. The molecule has 0 unspecified atom stereocenters. The van der Waals surface area contributed by atoms with Gasteiger partial charge in [-0.3, -0.25) is 4.79 Å². The minimum absolute atomic E-state index is 0.0573. The molecule has 0 bridgehead atoms. The zero-order chi connectivity index (χ0) is 12.0. The number of methoxy groups -OCH3 is 1. The molecule has 0 aliphatic carbocycles. The van der Waals surface area contributed by atoms with Crippen molar-refractivity contribution in [2.45, 2.75) is 32.8 Å². The van der Waals surface area contributed by atoms with Gasteiger partial charge in [-0.25, -0.2) is 0 Å². The molecule has 0 atom stereocenters. The number of rotatable bonds is 5. The SMILES string of the molecule is COC(=O)C1CCN(CCOC(C)C)CC1. The standard InChI is InChI=1S/C12H23NO3/c1-10(2)16-9-8-13-6-4-11(5-7-13)12(14)15-3/h10-11H,4-9H2,1-3H3. The molecule has 1 aliphatic rings. The van der Waals surface area contributed by atoms with Gasteiger partial charge in [0.1, 0.15) is 0 Å². The maximum Gasteiger partial charge on any atom is 0.308 e. The third kappa shape index (κ3) is 4.49. The highest BCUT2D eigenvalue weighted by molar-refractivity contribution is 5.72. The third-order valence-corrected chi connectivity index (χ3v) is 2.98. The van der Waals surface area contributed by atoms with Gasteiger partial charge >= 0.3 is 5.97 Å². The van der Waals surface area contributed by atoms with E-state index in [0.29, 0.717) is 6.10 Å². The van der Waals surface area contributed by atoms with Crippen molar-refractivity contribution in [1.82, 2.24) is 4.90 Å². The summed E-state index contributed by atoms with van der Waals surface area (Å²) in [6, 6.07) is 0. The van der Waals surface area contributed by atoms with Crippen molar-refractivity contribution in [2.24, 2.45) is 5.92 Å². The summed E-state index contributed by atoms with van der Waals surface area (Å²) in [5.74, 6) is 0.0466. The average molecular weight is 229 g/mol. The summed E-state index contributed by atoms with van der Waals surface area (Å²) in [5, 5.41) is 0. The molecule has 1 heterocycles. The highest BCUT2D eigenvalue weighted by Gasteiger charge is 2.25. The number of piperidine rings is 1. The second-order valence-corrected chi connectivity index (χ2v) is 4.56. The minimum atomic E-state index is -0.0573. The summed E-state index contributed by atoms with van der Waals surface area (Å²) >= 11 is 0. The molecule has 1 fully saturated rings. The van der Waals surface area contributed by atoms with Gasteiger partial charge in [0.15, 0.2) is 0 Å². The van der Waals surface area contributed by atoms with Crippen molar-refractivity contribution >= 4 is 5.97 Å². The molecule has 0 aromatic carbocycles. The van der Waals surface area contributed by atoms with Gasteiger partial charge in [-0.1, -0.05) is 0 Å². The van der Waals surface area contributed by atoms with Gasteiger partial charge in [-0.2, -0.15) is 0 Å². The van der Waals surface area contributed by atoms with Gasteiger partial charge in [0.05, 0.1) is 25.7 Å². The second kappa shape index (κ2) is 6.86. The Morgan fingerprint density at radius 2 is 2.00 bits per heavy atom. The first-order valence-corrected chi connectivity index (χ1v) is 6.05. The molecule has 94 valence electrons. The number of nitrogens with zero attached hydrogens (tertiary/aromatic N) is 1. The van der Waals surface area contributed by atoms with E-state index in [1.54, 1.807) is 0 Å². The van der Waals surface area contributed by atoms with Crippen LogP contribution < -0.4 is 0 Å². The lowest BCUT2D eigenvalue weighted by molar-refractivity contribution is -0.147.